The van der Waals surface area contributed by atoms with Crippen LogP contribution < -0.4 is 0 Å². The van der Waals surface area contributed by atoms with Crippen molar-refractivity contribution in [2.45, 2.75) is 142 Å². The molecule has 0 spiro atoms. The number of hydrogen-bond acceptors (Lipinski definition) is 0. The van der Waals surface area contributed by atoms with Crippen molar-refractivity contribution in [2.24, 2.45) is 0 Å². The summed E-state index contributed by atoms with van der Waals surface area (Å²) in [6.07, 6.45) is 18.6. The van der Waals surface area contributed by atoms with Crippen LogP contribution in [0.15, 0.2) is 84.9 Å². The van der Waals surface area contributed by atoms with Crippen LogP contribution >= 0.6 is 0 Å². The summed E-state index contributed by atoms with van der Waals surface area (Å²) >= 11 is 0. The van der Waals surface area contributed by atoms with Crippen molar-refractivity contribution in [1.82, 2.24) is 0 Å². The molecule has 0 unspecified atom stereocenters. The van der Waals surface area contributed by atoms with E-state index < -0.39 is 0 Å². The van der Waals surface area contributed by atoms with Gasteiger partial charge in [0, 0.05) is 5.41 Å². The van der Waals surface area contributed by atoms with Crippen LogP contribution in [-0.4, -0.2) is 0 Å². The fourth-order valence-electron chi connectivity index (χ4n) is 7.84. The molecule has 244 valence electrons. The third-order valence-electron chi connectivity index (χ3n) is 10.7. The minimum absolute atomic E-state index is 0.0717. The van der Waals surface area contributed by atoms with E-state index in [4.69, 9.17) is 0 Å². The molecule has 0 bridgehead atoms. The first-order valence-electron chi connectivity index (χ1n) is 18.7. The molecule has 0 nitrogen and oxygen atoms in total. The number of benzene rings is 4. The molecular formula is C46H60. The molecule has 0 radical (unpaired) electrons. The van der Waals surface area contributed by atoms with Crippen molar-refractivity contribution < 1.29 is 0 Å². The largest absolute Gasteiger partial charge is 0.0654 e. The Labute approximate surface area is 282 Å². The zero-order valence-corrected chi connectivity index (χ0v) is 30.0. The maximum absolute atomic E-state index is 2.60. The van der Waals surface area contributed by atoms with Gasteiger partial charge in [0.05, 0.1) is 0 Å². The van der Waals surface area contributed by atoms with Gasteiger partial charge in [0.25, 0.3) is 0 Å². The average Bonchev–Trinajstić information content (AvgIpc) is 3.32. The second kappa shape index (κ2) is 15.6. The molecule has 4 aromatic rings. The smallest absolute Gasteiger partial charge is 0.0215 e. The summed E-state index contributed by atoms with van der Waals surface area (Å²) in [6, 6.07) is 33.4. The molecule has 0 N–H and O–H groups in total. The van der Waals surface area contributed by atoms with E-state index in [2.05, 4.69) is 126 Å². The standard InChI is InChI=1S/C46H60/c1-7-9-11-13-15-17-31-46(32-18-16-14-12-10-8-2)43-33-38(36-21-19-35(3)20-22-36)25-29-41(43)42-30-26-39(34-44(42)46)37-23-27-40(28-24-37)45(4,5)6/h19-30,33-34H,7-18,31-32H2,1-6H3. The monoisotopic (exact) mass is 612 g/mol. The van der Waals surface area contributed by atoms with Crippen LogP contribution in [0.25, 0.3) is 33.4 Å². The molecule has 1 aliphatic rings. The molecule has 46 heavy (non-hydrogen) atoms. The van der Waals surface area contributed by atoms with Crippen LogP contribution in [0.2, 0.25) is 0 Å². The van der Waals surface area contributed by atoms with Crippen molar-refractivity contribution in [3.8, 4) is 33.4 Å². The zero-order valence-electron chi connectivity index (χ0n) is 30.0. The quantitative estimate of drug-likeness (QED) is 0.110. The molecule has 0 amide bonds. The first-order chi connectivity index (χ1) is 22.3. The predicted octanol–water partition coefficient (Wildman–Crippen LogP) is 14.4. The maximum atomic E-state index is 2.60. The van der Waals surface area contributed by atoms with E-state index in [-0.39, 0.29) is 10.8 Å². The average molecular weight is 613 g/mol. The minimum atomic E-state index is 0.0717. The van der Waals surface area contributed by atoms with Gasteiger partial charge in [-0.2, -0.15) is 0 Å². The fraction of sp³-hybridized carbons (Fsp3) is 0.478. The van der Waals surface area contributed by atoms with Crippen LogP contribution in [0.4, 0.5) is 0 Å². The van der Waals surface area contributed by atoms with E-state index in [9.17, 15) is 0 Å². The lowest BCUT2D eigenvalue weighted by Gasteiger charge is -2.33. The molecule has 0 aromatic heterocycles. The minimum Gasteiger partial charge on any atom is -0.0654 e. The van der Waals surface area contributed by atoms with E-state index >= 15 is 0 Å². The third-order valence-corrected chi connectivity index (χ3v) is 10.7. The third kappa shape index (κ3) is 7.87. The summed E-state index contributed by atoms with van der Waals surface area (Å²) in [5, 5.41) is 0. The molecule has 0 saturated carbocycles. The van der Waals surface area contributed by atoms with Gasteiger partial charge >= 0.3 is 0 Å². The summed E-state index contributed by atoms with van der Waals surface area (Å²) in [4.78, 5) is 0. The first kappa shape index (κ1) is 34.2. The fourth-order valence-corrected chi connectivity index (χ4v) is 7.84. The molecule has 0 saturated heterocycles. The molecule has 1 aliphatic carbocycles. The maximum Gasteiger partial charge on any atom is 0.0215 e. The molecule has 0 heteroatoms. The normalized spacial score (nSPS) is 13.5. The Morgan fingerprint density at radius 2 is 0.848 bits per heavy atom. The molecule has 0 fully saturated rings. The Morgan fingerprint density at radius 3 is 1.28 bits per heavy atom. The van der Waals surface area contributed by atoms with Gasteiger partial charge in [-0.25, -0.2) is 0 Å². The van der Waals surface area contributed by atoms with Crippen molar-refractivity contribution >= 4 is 0 Å². The SMILES string of the molecule is CCCCCCCCC1(CCCCCCCC)c2cc(-c3ccc(C)cc3)ccc2-c2ccc(-c3ccc(C(C)(C)C)cc3)cc21. The van der Waals surface area contributed by atoms with E-state index in [1.54, 1.807) is 11.1 Å². The Hall–Kier alpha value is -3.12. The molecular weight excluding hydrogens is 553 g/mol. The molecule has 4 aromatic carbocycles. The van der Waals surface area contributed by atoms with Gasteiger partial charge < -0.3 is 0 Å². The van der Waals surface area contributed by atoms with Crippen molar-refractivity contribution in [3.63, 3.8) is 0 Å². The lowest BCUT2D eigenvalue weighted by Crippen LogP contribution is -2.25. The van der Waals surface area contributed by atoms with Crippen LogP contribution in [0.5, 0.6) is 0 Å². The highest BCUT2D eigenvalue weighted by Gasteiger charge is 2.42. The van der Waals surface area contributed by atoms with Gasteiger partial charge in [-0.15, -0.1) is 0 Å². The van der Waals surface area contributed by atoms with Gasteiger partial charge in [-0.3, -0.25) is 0 Å². The van der Waals surface area contributed by atoms with E-state index in [0.717, 1.165) is 0 Å². The number of hydrogen-bond donors (Lipinski definition) is 0. The zero-order chi connectivity index (χ0) is 32.6. The topological polar surface area (TPSA) is 0 Å². The Bertz CT molecular complexity index is 1510. The van der Waals surface area contributed by atoms with Gasteiger partial charge in [-0.05, 0) is 87.4 Å². The first-order valence-corrected chi connectivity index (χ1v) is 18.7. The van der Waals surface area contributed by atoms with Crippen molar-refractivity contribution in [2.75, 3.05) is 0 Å². The van der Waals surface area contributed by atoms with Crippen molar-refractivity contribution in [3.05, 3.63) is 107 Å². The van der Waals surface area contributed by atoms with E-state index in [1.807, 2.05) is 0 Å². The van der Waals surface area contributed by atoms with Crippen LogP contribution in [0.3, 0.4) is 0 Å². The summed E-state index contributed by atoms with van der Waals surface area (Å²) in [5.74, 6) is 0. The number of aryl methyl sites for hydroxylation is 1. The van der Waals surface area contributed by atoms with Gasteiger partial charge in [0.2, 0.25) is 0 Å². The highest BCUT2D eigenvalue weighted by Crippen LogP contribution is 2.55. The Balaban J connectivity index is 1.57. The summed E-state index contributed by atoms with van der Waals surface area (Å²) in [5.41, 5.74) is 14.5. The number of unbranched alkanes of at least 4 members (excludes halogenated alkanes) is 10. The van der Waals surface area contributed by atoms with Crippen LogP contribution in [0.1, 0.15) is 147 Å². The highest BCUT2D eigenvalue weighted by molar-refractivity contribution is 5.86. The molecule has 5 rings (SSSR count). The summed E-state index contributed by atoms with van der Waals surface area (Å²) < 4.78 is 0. The second-order valence-corrected chi connectivity index (χ2v) is 15.3. The molecule has 0 heterocycles. The van der Waals surface area contributed by atoms with Gasteiger partial charge in [-0.1, -0.05) is 190 Å². The lowest BCUT2D eigenvalue weighted by molar-refractivity contribution is 0.398. The molecule has 0 aliphatic heterocycles. The second-order valence-electron chi connectivity index (χ2n) is 15.3. The summed E-state index contributed by atoms with van der Waals surface area (Å²) in [7, 11) is 0. The van der Waals surface area contributed by atoms with Crippen LogP contribution in [0, 0.1) is 6.92 Å². The number of fused-ring (bicyclic) bond motifs is 3. The van der Waals surface area contributed by atoms with Gasteiger partial charge in [0.15, 0.2) is 0 Å². The van der Waals surface area contributed by atoms with Crippen LogP contribution in [-0.2, 0) is 10.8 Å². The van der Waals surface area contributed by atoms with Crippen molar-refractivity contribution in [1.29, 1.82) is 0 Å². The Kier molecular flexibility index (Phi) is 11.6. The molecule has 0 atom stereocenters. The lowest BCUT2D eigenvalue weighted by atomic mass is 9.70. The predicted molar refractivity (Wildman–Crippen MR) is 203 cm³/mol. The van der Waals surface area contributed by atoms with Gasteiger partial charge in [0.1, 0.15) is 0 Å². The number of rotatable bonds is 16. The van der Waals surface area contributed by atoms with E-state index in [0.29, 0.717) is 0 Å². The Morgan fingerprint density at radius 1 is 0.457 bits per heavy atom. The summed E-state index contributed by atoms with van der Waals surface area (Å²) in [6.45, 7) is 13.7. The van der Waals surface area contributed by atoms with E-state index in [1.165, 1.54) is 134 Å². The highest BCUT2D eigenvalue weighted by atomic mass is 14.5.